The molecule has 2 N–H and O–H groups in total. The van der Waals surface area contributed by atoms with Gasteiger partial charge in [-0.2, -0.15) is 0 Å². The molecule has 0 aliphatic rings. The maximum Gasteiger partial charge on any atom is 0.294 e. The highest BCUT2D eigenvalue weighted by molar-refractivity contribution is 7.92. The molecule has 0 saturated carbocycles. The molecule has 0 aliphatic heterocycles. The standard InChI is InChI=1S/C19H16FN3O5S/c1-28-16-8-6-15(7-9-16)22-29(26,27)17-10-11-18(19(12-17)23(24)25)21-14-4-2-13(20)3-5-14/h2-12,21-22H,1H3. The molecular formula is C19H16FN3O5S. The van der Waals surface area contributed by atoms with Crippen molar-refractivity contribution >= 4 is 32.8 Å². The Bertz CT molecular complexity index is 1130. The number of nitro benzene ring substituents is 1. The zero-order valence-electron chi connectivity index (χ0n) is 15.1. The number of hydrogen-bond acceptors (Lipinski definition) is 6. The number of ether oxygens (including phenoxy) is 1. The monoisotopic (exact) mass is 417 g/mol. The summed E-state index contributed by atoms with van der Waals surface area (Å²) in [5, 5.41) is 14.2. The smallest absolute Gasteiger partial charge is 0.294 e. The van der Waals surface area contributed by atoms with Crippen molar-refractivity contribution in [2.45, 2.75) is 4.90 Å². The van der Waals surface area contributed by atoms with Crippen molar-refractivity contribution < 1.29 is 22.5 Å². The first-order valence-corrected chi connectivity index (χ1v) is 9.75. The molecule has 8 nitrogen and oxygen atoms in total. The quantitative estimate of drug-likeness (QED) is 0.438. The number of nitrogens with zero attached hydrogens (tertiary/aromatic N) is 1. The van der Waals surface area contributed by atoms with Crippen molar-refractivity contribution in [3.05, 3.63) is 82.7 Å². The lowest BCUT2D eigenvalue weighted by Crippen LogP contribution is -2.13. The maximum absolute atomic E-state index is 13.0. The topological polar surface area (TPSA) is 111 Å². The van der Waals surface area contributed by atoms with Crippen LogP contribution in [0.25, 0.3) is 0 Å². The molecule has 150 valence electrons. The molecule has 0 heterocycles. The Hall–Kier alpha value is -3.66. The summed E-state index contributed by atoms with van der Waals surface area (Å²) in [4.78, 5) is 10.5. The Morgan fingerprint density at radius 3 is 2.17 bits per heavy atom. The van der Waals surface area contributed by atoms with Gasteiger partial charge in [0.25, 0.3) is 15.7 Å². The van der Waals surface area contributed by atoms with Gasteiger partial charge in [0.05, 0.1) is 16.9 Å². The van der Waals surface area contributed by atoms with Gasteiger partial charge in [0.2, 0.25) is 0 Å². The second-order valence-corrected chi connectivity index (χ2v) is 7.58. The minimum atomic E-state index is -4.06. The minimum absolute atomic E-state index is 0.0741. The summed E-state index contributed by atoms with van der Waals surface area (Å²) in [6, 6.07) is 14.9. The molecule has 0 amide bonds. The number of halogens is 1. The van der Waals surface area contributed by atoms with Gasteiger partial charge in [-0.25, -0.2) is 12.8 Å². The molecule has 3 aromatic rings. The van der Waals surface area contributed by atoms with Crippen molar-refractivity contribution in [1.29, 1.82) is 0 Å². The number of anilines is 3. The van der Waals surface area contributed by atoms with Crippen LogP contribution in [-0.2, 0) is 10.0 Å². The zero-order valence-corrected chi connectivity index (χ0v) is 15.9. The number of benzene rings is 3. The summed E-state index contributed by atoms with van der Waals surface area (Å²) in [6.45, 7) is 0. The third-order valence-electron chi connectivity index (χ3n) is 3.94. The van der Waals surface area contributed by atoms with Gasteiger partial charge in [0, 0.05) is 17.4 Å². The molecular weight excluding hydrogens is 401 g/mol. The van der Waals surface area contributed by atoms with Gasteiger partial charge in [-0.05, 0) is 60.7 Å². The number of hydrogen-bond donors (Lipinski definition) is 2. The van der Waals surface area contributed by atoms with E-state index in [2.05, 4.69) is 10.0 Å². The van der Waals surface area contributed by atoms with E-state index in [-0.39, 0.29) is 16.3 Å². The van der Waals surface area contributed by atoms with E-state index in [9.17, 15) is 22.9 Å². The lowest BCUT2D eigenvalue weighted by molar-refractivity contribution is -0.384. The Morgan fingerprint density at radius 2 is 1.59 bits per heavy atom. The molecule has 10 heteroatoms. The molecule has 0 radical (unpaired) electrons. The second kappa shape index (κ2) is 8.15. The van der Waals surface area contributed by atoms with Crippen LogP contribution in [0.5, 0.6) is 5.75 Å². The number of nitro groups is 1. The first-order chi connectivity index (χ1) is 13.8. The van der Waals surface area contributed by atoms with Gasteiger partial charge in [-0.3, -0.25) is 14.8 Å². The van der Waals surface area contributed by atoms with Crippen LogP contribution < -0.4 is 14.8 Å². The SMILES string of the molecule is COc1ccc(NS(=O)(=O)c2ccc(Nc3ccc(F)cc3)c([N+](=O)[O-])c2)cc1. The fourth-order valence-corrected chi connectivity index (χ4v) is 3.58. The van der Waals surface area contributed by atoms with E-state index < -0.39 is 26.5 Å². The molecule has 0 unspecified atom stereocenters. The second-order valence-electron chi connectivity index (χ2n) is 5.90. The predicted molar refractivity (Wildman–Crippen MR) is 107 cm³/mol. The predicted octanol–water partition coefficient (Wildman–Crippen LogP) is 4.29. The average molecular weight is 417 g/mol. The van der Waals surface area contributed by atoms with E-state index in [0.717, 1.165) is 6.07 Å². The highest BCUT2D eigenvalue weighted by Gasteiger charge is 2.22. The summed E-state index contributed by atoms with van der Waals surface area (Å²) < 4.78 is 45.6. The number of rotatable bonds is 7. The summed E-state index contributed by atoms with van der Waals surface area (Å²) >= 11 is 0. The van der Waals surface area contributed by atoms with E-state index in [1.54, 1.807) is 12.1 Å². The summed E-state index contributed by atoms with van der Waals surface area (Å²) in [5.41, 5.74) is 0.334. The molecule has 0 atom stereocenters. The van der Waals surface area contributed by atoms with E-state index in [4.69, 9.17) is 4.74 Å². The fraction of sp³-hybridized carbons (Fsp3) is 0.0526. The molecule has 0 saturated heterocycles. The highest BCUT2D eigenvalue weighted by Crippen LogP contribution is 2.31. The highest BCUT2D eigenvalue weighted by atomic mass is 32.2. The summed E-state index contributed by atoms with van der Waals surface area (Å²) in [7, 11) is -2.57. The molecule has 0 fully saturated rings. The van der Waals surface area contributed by atoms with Gasteiger partial charge in [0.15, 0.2) is 0 Å². The van der Waals surface area contributed by atoms with Crippen LogP contribution in [0.3, 0.4) is 0 Å². The van der Waals surface area contributed by atoms with Crippen molar-refractivity contribution in [2.24, 2.45) is 0 Å². The maximum atomic E-state index is 13.0. The summed E-state index contributed by atoms with van der Waals surface area (Å²) in [5.74, 6) is 0.107. The number of methoxy groups -OCH3 is 1. The van der Waals surface area contributed by atoms with Gasteiger partial charge >= 0.3 is 0 Å². The molecule has 3 aromatic carbocycles. The fourth-order valence-electron chi connectivity index (χ4n) is 2.50. The molecule has 0 aromatic heterocycles. The van der Waals surface area contributed by atoms with E-state index in [0.29, 0.717) is 11.4 Å². The van der Waals surface area contributed by atoms with E-state index >= 15 is 0 Å². The molecule has 29 heavy (non-hydrogen) atoms. The largest absolute Gasteiger partial charge is 0.497 e. The Morgan fingerprint density at radius 1 is 0.966 bits per heavy atom. The van der Waals surface area contributed by atoms with Gasteiger partial charge < -0.3 is 10.1 Å². The van der Waals surface area contributed by atoms with E-state index in [1.165, 1.54) is 55.6 Å². The number of sulfonamides is 1. The van der Waals surface area contributed by atoms with Crippen molar-refractivity contribution in [3.63, 3.8) is 0 Å². The first kappa shape index (κ1) is 20.1. The molecule has 3 rings (SSSR count). The van der Waals surface area contributed by atoms with Gasteiger partial charge in [0.1, 0.15) is 17.3 Å². The first-order valence-electron chi connectivity index (χ1n) is 8.26. The van der Waals surface area contributed by atoms with Crippen LogP contribution >= 0.6 is 0 Å². The van der Waals surface area contributed by atoms with Crippen molar-refractivity contribution in [3.8, 4) is 5.75 Å². The van der Waals surface area contributed by atoms with Crippen LogP contribution in [0.1, 0.15) is 0 Å². The van der Waals surface area contributed by atoms with Crippen molar-refractivity contribution in [2.75, 3.05) is 17.1 Å². The molecule has 0 bridgehead atoms. The Kier molecular flexibility index (Phi) is 5.64. The lowest BCUT2D eigenvalue weighted by Gasteiger charge is -2.11. The van der Waals surface area contributed by atoms with E-state index in [1.807, 2.05) is 0 Å². The lowest BCUT2D eigenvalue weighted by atomic mass is 10.2. The van der Waals surface area contributed by atoms with Crippen LogP contribution in [0.15, 0.2) is 71.6 Å². The van der Waals surface area contributed by atoms with Gasteiger partial charge in [-0.1, -0.05) is 0 Å². The van der Waals surface area contributed by atoms with Gasteiger partial charge in [-0.15, -0.1) is 0 Å². The van der Waals surface area contributed by atoms with Crippen LogP contribution in [0.4, 0.5) is 27.1 Å². The number of nitrogens with one attached hydrogen (secondary N) is 2. The average Bonchev–Trinajstić information content (AvgIpc) is 2.70. The van der Waals surface area contributed by atoms with Crippen LogP contribution in [0, 0.1) is 15.9 Å². The zero-order chi connectivity index (χ0) is 21.0. The third kappa shape index (κ3) is 4.79. The molecule has 0 aliphatic carbocycles. The Balaban J connectivity index is 1.89. The van der Waals surface area contributed by atoms with Crippen molar-refractivity contribution in [1.82, 2.24) is 0 Å². The normalized spacial score (nSPS) is 11.0. The minimum Gasteiger partial charge on any atom is -0.497 e. The molecule has 0 spiro atoms. The summed E-state index contributed by atoms with van der Waals surface area (Å²) in [6.07, 6.45) is 0. The third-order valence-corrected chi connectivity index (χ3v) is 5.32. The van der Waals surface area contributed by atoms with Crippen LogP contribution in [-0.4, -0.2) is 20.5 Å². The Labute approximate surface area is 166 Å². The van der Waals surface area contributed by atoms with Crippen LogP contribution in [0.2, 0.25) is 0 Å².